The number of hydrogen-bond donors (Lipinski definition) is 0. The number of benzene rings is 1. The Morgan fingerprint density at radius 1 is 1.21 bits per heavy atom. The van der Waals surface area contributed by atoms with Gasteiger partial charge in [-0.1, -0.05) is 0 Å². The monoisotopic (exact) mass is 192 g/mol. The Labute approximate surface area is 83.2 Å². The van der Waals surface area contributed by atoms with E-state index in [-0.39, 0.29) is 5.82 Å². The summed E-state index contributed by atoms with van der Waals surface area (Å²) in [6.45, 7) is 1.97. The molecule has 0 N–H and O–H groups in total. The lowest BCUT2D eigenvalue weighted by Gasteiger charge is -2.19. The highest BCUT2D eigenvalue weighted by molar-refractivity contribution is 5.26. The van der Waals surface area contributed by atoms with Crippen LogP contribution in [0.2, 0.25) is 0 Å². The van der Waals surface area contributed by atoms with E-state index in [1.807, 2.05) is 6.92 Å². The molecule has 1 aromatic carbocycles. The van der Waals surface area contributed by atoms with Gasteiger partial charge in [-0.15, -0.1) is 0 Å². The van der Waals surface area contributed by atoms with E-state index in [1.54, 1.807) is 12.1 Å². The van der Waals surface area contributed by atoms with Gasteiger partial charge in [0.1, 0.15) is 17.3 Å². The van der Waals surface area contributed by atoms with Gasteiger partial charge in [0, 0.05) is 0 Å². The number of hydrogen-bond acceptors (Lipinski definition) is 1. The average Bonchev–Trinajstić information content (AvgIpc) is 2.06. The van der Waals surface area contributed by atoms with E-state index in [0.29, 0.717) is 5.75 Å². The van der Waals surface area contributed by atoms with Gasteiger partial charge in [-0.05, 0) is 56.0 Å². The molecule has 1 saturated carbocycles. The maximum Gasteiger partial charge on any atom is 0.127 e. The van der Waals surface area contributed by atoms with Crippen LogP contribution in [0.5, 0.6) is 5.75 Å². The average molecular weight is 192 g/mol. The summed E-state index contributed by atoms with van der Waals surface area (Å²) in [5.41, 5.74) is 1.38. The Hall–Kier alpha value is -1.31. The molecular formula is C12H13FO. The highest BCUT2D eigenvalue weighted by Crippen LogP contribution is 2.29. The van der Waals surface area contributed by atoms with E-state index in [9.17, 15) is 4.39 Å². The number of rotatable bonds is 2. The van der Waals surface area contributed by atoms with Gasteiger partial charge < -0.3 is 4.74 Å². The van der Waals surface area contributed by atoms with Gasteiger partial charge in [0.25, 0.3) is 0 Å². The van der Waals surface area contributed by atoms with Crippen LogP contribution in [-0.2, 0) is 0 Å². The molecule has 0 atom stereocenters. The molecule has 1 aliphatic carbocycles. The summed E-state index contributed by atoms with van der Waals surface area (Å²) >= 11 is 0. The zero-order valence-corrected chi connectivity index (χ0v) is 8.22. The summed E-state index contributed by atoms with van der Waals surface area (Å²) in [4.78, 5) is 0. The normalized spacial score (nSPS) is 14.9. The van der Waals surface area contributed by atoms with Gasteiger partial charge in [-0.3, -0.25) is 0 Å². The molecule has 1 aliphatic rings. The van der Waals surface area contributed by atoms with Gasteiger partial charge >= 0.3 is 0 Å². The fourth-order valence-electron chi connectivity index (χ4n) is 1.46. The molecule has 0 aromatic heterocycles. The third-order valence-electron chi connectivity index (χ3n) is 2.54. The zero-order chi connectivity index (χ0) is 9.97. The first-order valence-electron chi connectivity index (χ1n) is 4.88. The van der Waals surface area contributed by atoms with Crippen molar-refractivity contribution < 1.29 is 9.13 Å². The molecule has 2 rings (SSSR count). The van der Waals surface area contributed by atoms with Gasteiger partial charge in [-0.25, -0.2) is 4.39 Å². The molecule has 0 saturated heterocycles. The molecule has 74 valence electrons. The Morgan fingerprint density at radius 2 is 1.86 bits per heavy atom. The van der Waals surface area contributed by atoms with Crippen molar-refractivity contribution in [1.29, 1.82) is 0 Å². The van der Waals surface area contributed by atoms with E-state index in [2.05, 4.69) is 0 Å². The van der Waals surface area contributed by atoms with Crippen molar-refractivity contribution in [2.24, 2.45) is 0 Å². The third-order valence-corrected chi connectivity index (χ3v) is 2.54. The van der Waals surface area contributed by atoms with Crippen molar-refractivity contribution in [3.8, 4) is 5.75 Å². The van der Waals surface area contributed by atoms with Crippen molar-refractivity contribution in [3.63, 3.8) is 0 Å². The van der Waals surface area contributed by atoms with E-state index >= 15 is 0 Å². The topological polar surface area (TPSA) is 9.23 Å². The number of allylic oxidation sites excluding steroid dienone is 2. The van der Waals surface area contributed by atoms with Crippen LogP contribution in [0.3, 0.4) is 0 Å². The molecule has 14 heavy (non-hydrogen) atoms. The molecule has 0 amide bonds. The van der Waals surface area contributed by atoms with Crippen LogP contribution in [0, 0.1) is 5.82 Å². The first-order valence-corrected chi connectivity index (χ1v) is 4.88. The van der Waals surface area contributed by atoms with Crippen LogP contribution in [0.25, 0.3) is 0 Å². The summed E-state index contributed by atoms with van der Waals surface area (Å²) in [7, 11) is 0. The fraction of sp³-hybridized carbons (Fsp3) is 0.333. The molecule has 0 heterocycles. The molecule has 1 fully saturated rings. The third kappa shape index (κ3) is 1.95. The number of halogens is 1. The maximum atomic E-state index is 12.6. The molecule has 0 radical (unpaired) electrons. The van der Waals surface area contributed by atoms with E-state index in [0.717, 1.165) is 18.6 Å². The largest absolute Gasteiger partial charge is 0.462 e. The predicted molar refractivity (Wildman–Crippen MR) is 53.6 cm³/mol. The van der Waals surface area contributed by atoms with Crippen molar-refractivity contribution in [2.75, 3.05) is 0 Å². The van der Waals surface area contributed by atoms with Crippen LogP contribution in [-0.4, -0.2) is 0 Å². The molecule has 0 unspecified atom stereocenters. The Bertz CT molecular complexity index is 345. The summed E-state index contributed by atoms with van der Waals surface area (Å²) in [5.74, 6) is 1.46. The van der Waals surface area contributed by atoms with Gasteiger partial charge in [0.15, 0.2) is 0 Å². The molecule has 1 aromatic rings. The van der Waals surface area contributed by atoms with Crippen molar-refractivity contribution in [2.45, 2.75) is 26.2 Å². The first kappa shape index (κ1) is 9.25. The lowest BCUT2D eigenvalue weighted by Crippen LogP contribution is -2.04. The molecule has 2 heteroatoms. The minimum absolute atomic E-state index is 0.230. The Balaban J connectivity index is 2.07. The van der Waals surface area contributed by atoms with E-state index in [1.165, 1.54) is 24.1 Å². The molecular weight excluding hydrogens is 179 g/mol. The SMILES string of the molecule is CC(Oc1ccc(F)cc1)=C1CCC1. The highest BCUT2D eigenvalue weighted by atomic mass is 19.1. The van der Waals surface area contributed by atoms with Crippen LogP contribution in [0.4, 0.5) is 4.39 Å². The maximum absolute atomic E-state index is 12.6. The predicted octanol–water partition coefficient (Wildman–Crippen LogP) is 3.66. The quantitative estimate of drug-likeness (QED) is 0.650. The molecule has 1 nitrogen and oxygen atoms in total. The van der Waals surface area contributed by atoms with Crippen molar-refractivity contribution in [1.82, 2.24) is 0 Å². The van der Waals surface area contributed by atoms with E-state index < -0.39 is 0 Å². The van der Waals surface area contributed by atoms with Crippen molar-refractivity contribution >= 4 is 0 Å². The fourth-order valence-corrected chi connectivity index (χ4v) is 1.46. The second-order valence-electron chi connectivity index (χ2n) is 3.57. The first-order chi connectivity index (χ1) is 6.75. The van der Waals surface area contributed by atoms with Crippen LogP contribution in [0.15, 0.2) is 35.6 Å². The zero-order valence-electron chi connectivity index (χ0n) is 8.22. The van der Waals surface area contributed by atoms with Crippen LogP contribution < -0.4 is 4.74 Å². The Kier molecular flexibility index (Phi) is 2.53. The Morgan fingerprint density at radius 3 is 2.36 bits per heavy atom. The van der Waals surface area contributed by atoms with Gasteiger partial charge in [0.05, 0.1) is 0 Å². The van der Waals surface area contributed by atoms with E-state index in [4.69, 9.17) is 4.74 Å². The summed E-state index contributed by atoms with van der Waals surface area (Å²) in [6, 6.07) is 6.12. The minimum atomic E-state index is -0.230. The standard InChI is InChI=1S/C12H13FO/c1-9(10-3-2-4-10)14-12-7-5-11(13)6-8-12/h5-8H,2-4H2,1H3. The van der Waals surface area contributed by atoms with Crippen LogP contribution >= 0.6 is 0 Å². The molecule has 0 aliphatic heterocycles. The summed E-state index contributed by atoms with van der Waals surface area (Å²) < 4.78 is 18.2. The van der Waals surface area contributed by atoms with Crippen molar-refractivity contribution in [3.05, 3.63) is 41.4 Å². The molecule has 0 bridgehead atoms. The highest BCUT2D eigenvalue weighted by Gasteiger charge is 2.13. The second-order valence-corrected chi connectivity index (χ2v) is 3.57. The second kappa shape index (κ2) is 3.82. The molecule has 0 spiro atoms. The smallest absolute Gasteiger partial charge is 0.127 e. The van der Waals surface area contributed by atoms with Gasteiger partial charge in [-0.2, -0.15) is 0 Å². The lowest BCUT2D eigenvalue weighted by atomic mass is 9.91. The van der Waals surface area contributed by atoms with Crippen LogP contribution in [0.1, 0.15) is 26.2 Å². The van der Waals surface area contributed by atoms with Gasteiger partial charge in [0.2, 0.25) is 0 Å². The minimum Gasteiger partial charge on any atom is -0.462 e. The lowest BCUT2D eigenvalue weighted by molar-refractivity contribution is 0.403. The summed E-state index contributed by atoms with van der Waals surface area (Å²) in [6.07, 6.45) is 3.56. The number of ether oxygens (including phenoxy) is 1. The summed E-state index contributed by atoms with van der Waals surface area (Å²) in [5, 5.41) is 0.